The quantitative estimate of drug-likeness (QED) is 0.526. The molecular formula is C7H10N2O2S. The monoisotopic (exact) mass is 186 g/mol. The van der Waals surface area contributed by atoms with Gasteiger partial charge in [0.2, 0.25) is 0 Å². The summed E-state index contributed by atoms with van der Waals surface area (Å²) in [6.45, 7) is 5.62. The van der Waals surface area contributed by atoms with Gasteiger partial charge in [-0.25, -0.2) is 4.98 Å². The zero-order valence-corrected chi connectivity index (χ0v) is 8.01. The second kappa shape index (κ2) is 3.18. The van der Waals surface area contributed by atoms with E-state index in [0.717, 1.165) is 5.01 Å². The molecular weight excluding hydrogens is 176 g/mol. The molecule has 0 bridgehead atoms. The molecule has 4 nitrogen and oxygen atoms in total. The summed E-state index contributed by atoms with van der Waals surface area (Å²) in [6.07, 6.45) is 0. The lowest BCUT2D eigenvalue weighted by Crippen LogP contribution is -1.86. The lowest BCUT2D eigenvalue weighted by atomic mass is 10.2. The molecule has 0 aliphatic rings. The molecule has 1 aromatic heterocycles. The zero-order valence-electron chi connectivity index (χ0n) is 7.20. The largest absolute Gasteiger partial charge is 0.346 e. The minimum absolute atomic E-state index is 0.165. The van der Waals surface area contributed by atoms with E-state index in [9.17, 15) is 10.1 Å². The summed E-state index contributed by atoms with van der Waals surface area (Å²) >= 11 is 1.17. The fourth-order valence-electron chi connectivity index (χ4n) is 0.825. The van der Waals surface area contributed by atoms with Crippen molar-refractivity contribution in [1.29, 1.82) is 0 Å². The highest BCUT2D eigenvalue weighted by Crippen LogP contribution is 2.30. The number of hydrogen-bond acceptors (Lipinski definition) is 4. The zero-order chi connectivity index (χ0) is 9.30. The molecule has 0 aliphatic heterocycles. The highest BCUT2D eigenvalue weighted by Gasteiger charge is 2.18. The maximum Gasteiger partial charge on any atom is 0.346 e. The third kappa shape index (κ3) is 1.61. The number of nitro groups is 1. The van der Waals surface area contributed by atoms with Crippen LogP contribution in [0.25, 0.3) is 0 Å². The van der Waals surface area contributed by atoms with E-state index in [1.165, 1.54) is 11.3 Å². The van der Waals surface area contributed by atoms with Gasteiger partial charge in [-0.05, 0) is 18.3 Å². The van der Waals surface area contributed by atoms with Crippen molar-refractivity contribution in [3.63, 3.8) is 0 Å². The lowest BCUT2D eigenvalue weighted by Gasteiger charge is -1.93. The van der Waals surface area contributed by atoms with E-state index in [4.69, 9.17) is 0 Å². The fraction of sp³-hybridized carbons (Fsp3) is 0.571. The molecule has 0 N–H and O–H groups in total. The van der Waals surface area contributed by atoms with Crippen LogP contribution in [0.2, 0.25) is 0 Å². The minimum atomic E-state index is -0.376. The first-order valence-corrected chi connectivity index (χ1v) is 4.45. The molecule has 5 heteroatoms. The first-order chi connectivity index (χ1) is 5.52. The Balaban J connectivity index is 3.09. The van der Waals surface area contributed by atoms with Gasteiger partial charge in [0.15, 0.2) is 0 Å². The predicted octanol–water partition coefficient (Wildman–Crippen LogP) is 2.48. The van der Waals surface area contributed by atoms with E-state index < -0.39 is 0 Å². The molecule has 66 valence electrons. The molecule has 0 spiro atoms. The third-order valence-corrected chi connectivity index (χ3v) is 2.86. The van der Waals surface area contributed by atoms with Gasteiger partial charge in [-0.3, -0.25) is 10.1 Å². The molecule has 0 saturated heterocycles. The summed E-state index contributed by atoms with van der Waals surface area (Å²) in [7, 11) is 0. The lowest BCUT2D eigenvalue weighted by molar-refractivity contribution is -0.380. The average molecular weight is 186 g/mol. The Morgan fingerprint density at radius 3 is 2.42 bits per heavy atom. The van der Waals surface area contributed by atoms with Gasteiger partial charge in [-0.15, -0.1) is 0 Å². The highest BCUT2D eigenvalue weighted by molar-refractivity contribution is 7.15. The molecule has 0 radical (unpaired) electrons. The van der Waals surface area contributed by atoms with Gasteiger partial charge in [0.25, 0.3) is 0 Å². The van der Waals surface area contributed by atoms with Crippen molar-refractivity contribution in [1.82, 2.24) is 4.98 Å². The summed E-state index contributed by atoms with van der Waals surface area (Å²) in [5.41, 5.74) is 0.522. The number of rotatable bonds is 2. The second-order valence-corrected chi connectivity index (χ2v) is 3.86. The maximum absolute atomic E-state index is 10.4. The SMILES string of the molecule is Cc1nc(C(C)C)sc1[N+](=O)[O-]. The van der Waals surface area contributed by atoms with Crippen molar-refractivity contribution in [3.05, 3.63) is 20.8 Å². The van der Waals surface area contributed by atoms with Gasteiger partial charge in [0.05, 0.1) is 4.92 Å². The number of thiazole rings is 1. The van der Waals surface area contributed by atoms with E-state index in [1.807, 2.05) is 13.8 Å². The topological polar surface area (TPSA) is 56.0 Å². The Hall–Kier alpha value is -0.970. The Bertz CT molecular complexity index is 306. The van der Waals surface area contributed by atoms with Crippen LogP contribution in [0.3, 0.4) is 0 Å². The molecule has 1 aromatic rings. The Kier molecular flexibility index (Phi) is 2.42. The average Bonchev–Trinajstić information content (AvgIpc) is 2.30. The van der Waals surface area contributed by atoms with Crippen LogP contribution in [0.4, 0.5) is 5.00 Å². The van der Waals surface area contributed by atoms with Gasteiger partial charge in [0.1, 0.15) is 10.7 Å². The summed E-state index contributed by atoms with van der Waals surface area (Å²) in [4.78, 5) is 14.2. The Labute approximate surface area is 74.4 Å². The molecule has 0 atom stereocenters. The van der Waals surface area contributed by atoms with Crippen molar-refractivity contribution < 1.29 is 4.92 Å². The maximum atomic E-state index is 10.4. The van der Waals surface area contributed by atoms with Crippen molar-refractivity contribution in [2.45, 2.75) is 26.7 Å². The highest BCUT2D eigenvalue weighted by atomic mass is 32.1. The van der Waals surface area contributed by atoms with Crippen LogP contribution in [0.5, 0.6) is 0 Å². The Morgan fingerprint density at radius 2 is 2.17 bits per heavy atom. The summed E-state index contributed by atoms with van der Waals surface area (Å²) in [5, 5.41) is 11.4. The van der Waals surface area contributed by atoms with Gasteiger partial charge in [0, 0.05) is 5.92 Å². The minimum Gasteiger partial charge on any atom is -0.257 e. The van der Waals surface area contributed by atoms with Crippen molar-refractivity contribution in [2.75, 3.05) is 0 Å². The molecule has 0 saturated carbocycles. The van der Waals surface area contributed by atoms with Crippen LogP contribution in [0, 0.1) is 17.0 Å². The van der Waals surface area contributed by atoms with Gasteiger partial charge in [-0.2, -0.15) is 0 Å². The van der Waals surface area contributed by atoms with Crippen LogP contribution in [0.15, 0.2) is 0 Å². The van der Waals surface area contributed by atoms with Crippen molar-refractivity contribution >= 4 is 16.3 Å². The van der Waals surface area contributed by atoms with Crippen LogP contribution in [0.1, 0.15) is 30.5 Å². The van der Waals surface area contributed by atoms with E-state index in [-0.39, 0.29) is 15.8 Å². The van der Waals surface area contributed by atoms with Crippen LogP contribution in [-0.4, -0.2) is 9.91 Å². The molecule has 0 unspecified atom stereocenters. The van der Waals surface area contributed by atoms with Crippen molar-refractivity contribution in [3.8, 4) is 0 Å². The van der Waals surface area contributed by atoms with Gasteiger partial charge in [-0.1, -0.05) is 13.8 Å². The number of nitrogens with zero attached hydrogens (tertiary/aromatic N) is 2. The molecule has 0 amide bonds. The van der Waals surface area contributed by atoms with E-state index >= 15 is 0 Å². The van der Waals surface area contributed by atoms with Crippen molar-refractivity contribution in [2.24, 2.45) is 0 Å². The first-order valence-electron chi connectivity index (χ1n) is 3.64. The first kappa shape index (κ1) is 9.12. The Morgan fingerprint density at radius 1 is 1.58 bits per heavy atom. The normalized spacial score (nSPS) is 10.7. The van der Waals surface area contributed by atoms with Crippen LogP contribution < -0.4 is 0 Å². The molecule has 0 fully saturated rings. The predicted molar refractivity (Wildman–Crippen MR) is 47.6 cm³/mol. The third-order valence-electron chi connectivity index (χ3n) is 1.45. The molecule has 1 rings (SSSR count). The summed E-state index contributed by atoms with van der Waals surface area (Å²) in [5.74, 6) is 0.266. The second-order valence-electron chi connectivity index (χ2n) is 2.85. The van der Waals surface area contributed by atoms with Crippen LogP contribution in [-0.2, 0) is 0 Å². The van der Waals surface area contributed by atoms with E-state index in [0.29, 0.717) is 5.69 Å². The molecule has 0 aliphatic carbocycles. The molecule has 0 aromatic carbocycles. The molecule has 12 heavy (non-hydrogen) atoms. The van der Waals surface area contributed by atoms with Crippen LogP contribution >= 0.6 is 11.3 Å². The fourth-order valence-corrected chi connectivity index (χ4v) is 1.71. The number of aromatic nitrogens is 1. The van der Waals surface area contributed by atoms with Gasteiger partial charge >= 0.3 is 5.00 Å². The van der Waals surface area contributed by atoms with E-state index in [1.54, 1.807) is 6.92 Å². The van der Waals surface area contributed by atoms with E-state index in [2.05, 4.69) is 4.98 Å². The summed E-state index contributed by atoms with van der Waals surface area (Å²) < 4.78 is 0. The smallest absolute Gasteiger partial charge is 0.257 e. The molecule has 1 heterocycles. The number of hydrogen-bond donors (Lipinski definition) is 0. The van der Waals surface area contributed by atoms with Gasteiger partial charge < -0.3 is 0 Å². The summed E-state index contributed by atoms with van der Waals surface area (Å²) in [6, 6.07) is 0. The standard InChI is InChI=1S/C7H10N2O2S/c1-4(2)6-8-5(3)7(12-6)9(10)11/h4H,1-3H3. The number of aryl methyl sites for hydroxylation is 1.